The molecule has 2 heterocycles. The Balaban J connectivity index is 1.35. The first-order valence-corrected chi connectivity index (χ1v) is 12.8. The fourth-order valence-electron chi connectivity index (χ4n) is 3.93. The van der Waals surface area contributed by atoms with Crippen molar-refractivity contribution in [1.82, 2.24) is 4.90 Å². The summed E-state index contributed by atoms with van der Waals surface area (Å²) in [4.78, 5) is 14.9. The Morgan fingerprint density at radius 2 is 1.65 bits per heavy atom. The molecule has 0 saturated carbocycles. The first-order chi connectivity index (χ1) is 14.9. The molecule has 0 spiro atoms. The van der Waals surface area contributed by atoms with E-state index in [0.29, 0.717) is 19.0 Å². The molecule has 0 aliphatic carbocycles. The molecule has 162 valence electrons. The van der Waals surface area contributed by atoms with Crippen LogP contribution in [0.15, 0.2) is 80.5 Å². The summed E-state index contributed by atoms with van der Waals surface area (Å²) in [6.45, 7) is 1.37. The number of sulfone groups is 1. The summed E-state index contributed by atoms with van der Waals surface area (Å²) >= 11 is 3.30. The van der Waals surface area contributed by atoms with E-state index >= 15 is 0 Å². The van der Waals surface area contributed by atoms with E-state index in [2.05, 4.69) is 40.2 Å². The number of amides is 1. The summed E-state index contributed by atoms with van der Waals surface area (Å²) in [7, 11) is -3.54. The molecule has 5 nitrogen and oxygen atoms in total. The molecular weight excluding hydrogens is 478 g/mol. The molecular formula is C24H24BrNO4S. The lowest BCUT2D eigenvalue weighted by atomic mass is 9.90. The smallest absolute Gasteiger partial charge is 0.289 e. The van der Waals surface area contributed by atoms with Crippen LogP contribution in [0.5, 0.6) is 0 Å². The molecule has 1 amide bonds. The number of furan rings is 1. The minimum absolute atomic E-state index is 0.176. The Hall–Kier alpha value is -2.38. The largest absolute Gasteiger partial charge is 0.455 e. The molecule has 2 aromatic carbocycles. The van der Waals surface area contributed by atoms with Gasteiger partial charge in [0.2, 0.25) is 0 Å². The second-order valence-electron chi connectivity index (χ2n) is 7.90. The van der Waals surface area contributed by atoms with Crippen molar-refractivity contribution < 1.29 is 17.6 Å². The fraction of sp³-hybridized carbons (Fsp3) is 0.292. The van der Waals surface area contributed by atoms with E-state index in [1.165, 1.54) is 5.56 Å². The number of hydrogen-bond acceptors (Lipinski definition) is 4. The molecule has 0 bridgehead atoms. The van der Waals surface area contributed by atoms with Gasteiger partial charge in [0.1, 0.15) is 11.5 Å². The monoisotopic (exact) mass is 501 g/mol. The maximum atomic E-state index is 12.8. The van der Waals surface area contributed by atoms with E-state index in [1.807, 2.05) is 6.07 Å². The van der Waals surface area contributed by atoms with Crippen LogP contribution in [0.2, 0.25) is 0 Å². The highest BCUT2D eigenvalue weighted by atomic mass is 79.9. The van der Waals surface area contributed by atoms with Gasteiger partial charge in [-0.05, 0) is 67.1 Å². The van der Waals surface area contributed by atoms with E-state index in [1.54, 1.807) is 41.3 Å². The van der Waals surface area contributed by atoms with Crippen molar-refractivity contribution >= 4 is 31.7 Å². The molecule has 1 aliphatic heterocycles. The number of rotatable bonds is 6. The summed E-state index contributed by atoms with van der Waals surface area (Å²) < 4.78 is 31.7. The maximum absolute atomic E-state index is 12.8. The number of hydrogen-bond donors (Lipinski definition) is 0. The molecule has 1 saturated heterocycles. The number of carbonyl (C=O) groups excluding carboxylic acids is 1. The van der Waals surface area contributed by atoms with E-state index < -0.39 is 9.84 Å². The maximum Gasteiger partial charge on any atom is 0.289 e. The lowest BCUT2D eigenvalue weighted by Gasteiger charge is -2.31. The third-order valence-corrected chi connectivity index (χ3v) is 7.83. The van der Waals surface area contributed by atoms with Crippen LogP contribution in [0.25, 0.3) is 0 Å². The number of likely N-dealkylation sites (tertiary alicyclic amines) is 1. The van der Waals surface area contributed by atoms with Crippen LogP contribution >= 0.6 is 15.9 Å². The summed E-state index contributed by atoms with van der Waals surface area (Å²) in [6.07, 6.45) is 2.93. The summed E-state index contributed by atoms with van der Waals surface area (Å²) in [6, 6.07) is 20.0. The van der Waals surface area contributed by atoms with Gasteiger partial charge in [-0.25, -0.2) is 8.42 Å². The van der Waals surface area contributed by atoms with Gasteiger partial charge in [-0.2, -0.15) is 0 Å². The summed E-state index contributed by atoms with van der Waals surface area (Å²) in [5.41, 5.74) is 1.33. The van der Waals surface area contributed by atoms with E-state index in [-0.39, 0.29) is 28.1 Å². The second kappa shape index (κ2) is 9.40. The van der Waals surface area contributed by atoms with Crippen LogP contribution < -0.4 is 0 Å². The van der Waals surface area contributed by atoms with Crippen molar-refractivity contribution in [1.29, 1.82) is 0 Å². The van der Waals surface area contributed by atoms with Crippen molar-refractivity contribution in [2.45, 2.75) is 29.9 Å². The summed E-state index contributed by atoms with van der Waals surface area (Å²) in [5, 5.41) is 0. The van der Waals surface area contributed by atoms with Gasteiger partial charge in [-0.15, -0.1) is 0 Å². The normalized spacial score (nSPS) is 15.2. The Bertz CT molecular complexity index is 1130. The van der Waals surface area contributed by atoms with E-state index in [4.69, 9.17) is 4.42 Å². The molecule has 4 rings (SSSR count). The molecule has 1 aromatic heterocycles. The van der Waals surface area contributed by atoms with Crippen molar-refractivity contribution in [2.75, 3.05) is 13.1 Å². The van der Waals surface area contributed by atoms with Crippen LogP contribution in [-0.4, -0.2) is 32.3 Å². The first kappa shape index (κ1) is 21.8. The third kappa shape index (κ3) is 5.46. The van der Waals surface area contributed by atoms with Crippen LogP contribution in [-0.2, 0) is 22.0 Å². The molecule has 0 unspecified atom stereocenters. The van der Waals surface area contributed by atoms with Crippen molar-refractivity contribution in [3.05, 3.63) is 88.3 Å². The first-order valence-electron chi connectivity index (χ1n) is 10.3. The van der Waals surface area contributed by atoms with Crippen molar-refractivity contribution in [3.63, 3.8) is 0 Å². The molecule has 3 aromatic rings. The van der Waals surface area contributed by atoms with Crippen LogP contribution in [0.4, 0.5) is 0 Å². The standard InChI is InChI=1S/C24H24BrNO4S/c25-20-6-9-22(10-7-20)31(28,29)17-21-8-11-23(30-21)24(27)26-14-12-19(13-15-26)16-18-4-2-1-3-5-18/h1-11,19H,12-17H2. The van der Waals surface area contributed by atoms with Crippen LogP contribution in [0.3, 0.4) is 0 Å². The van der Waals surface area contributed by atoms with Gasteiger partial charge in [0.15, 0.2) is 15.6 Å². The molecule has 1 aliphatic rings. The highest BCUT2D eigenvalue weighted by Crippen LogP contribution is 2.24. The van der Waals surface area contributed by atoms with Gasteiger partial charge in [0.25, 0.3) is 5.91 Å². The molecule has 0 atom stereocenters. The van der Waals surface area contributed by atoms with E-state index in [9.17, 15) is 13.2 Å². The lowest BCUT2D eigenvalue weighted by Crippen LogP contribution is -2.38. The fourth-order valence-corrected chi connectivity index (χ4v) is 5.44. The third-order valence-electron chi connectivity index (χ3n) is 5.65. The van der Waals surface area contributed by atoms with Gasteiger partial charge >= 0.3 is 0 Å². The number of carbonyl (C=O) groups is 1. The molecule has 7 heteroatoms. The number of halogens is 1. The minimum Gasteiger partial charge on any atom is -0.455 e. The average Bonchev–Trinajstić information content (AvgIpc) is 3.22. The van der Waals surface area contributed by atoms with Gasteiger partial charge in [0, 0.05) is 17.6 Å². The van der Waals surface area contributed by atoms with Crippen LogP contribution in [0, 0.1) is 5.92 Å². The van der Waals surface area contributed by atoms with Crippen LogP contribution in [0.1, 0.15) is 34.7 Å². The van der Waals surface area contributed by atoms with Gasteiger partial charge < -0.3 is 9.32 Å². The summed E-state index contributed by atoms with van der Waals surface area (Å²) in [5.74, 6) is 0.578. The lowest BCUT2D eigenvalue weighted by molar-refractivity contribution is 0.0657. The zero-order valence-corrected chi connectivity index (χ0v) is 19.4. The quantitative estimate of drug-likeness (QED) is 0.470. The number of nitrogens with zero attached hydrogens (tertiary/aromatic N) is 1. The zero-order valence-electron chi connectivity index (χ0n) is 17.0. The SMILES string of the molecule is O=C(c1ccc(CS(=O)(=O)c2ccc(Br)cc2)o1)N1CCC(Cc2ccccc2)CC1. The Morgan fingerprint density at radius 1 is 0.968 bits per heavy atom. The molecule has 0 N–H and O–H groups in total. The number of benzene rings is 2. The predicted octanol–water partition coefficient (Wildman–Crippen LogP) is 5.11. The minimum atomic E-state index is -3.54. The Morgan fingerprint density at radius 3 is 2.32 bits per heavy atom. The molecule has 0 radical (unpaired) electrons. The number of piperidine rings is 1. The van der Waals surface area contributed by atoms with Gasteiger partial charge in [-0.1, -0.05) is 46.3 Å². The van der Waals surface area contributed by atoms with Gasteiger partial charge in [0.05, 0.1) is 4.90 Å². The van der Waals surface area contributed by atoms with Crippen molar-refractivity contribution in [3.8, 4) is 0 Å². The highest BCUT2D eigenvalue weighted by molar-refractivity contribution is 9.10. The molecule has 31 heavy (non-hydrogen) atoms. The topological polar surface area (TPSA) is 67.6 Å². The molecule has 1 fully saturated rings. The zero-order chi connectivity index (χ0) is 21.8. The average molecular weight is 502 g/mol. The Kier molecular flexibility index (Phi) is 6.62. The predicted molar refractivity (Wildman–Crippen MR) is 123 cm³/mol. The second-order valence-corrected chi connectivity index (χ2v) is 10.8. The van der Waals surface area contributed by atoms with E-state index in [0.717, 1.165) is 23.7 Å². The Labute approximate surface area is 191 Å². The van der Waals surface area contributed by atoms with Crippen molar-refractivity contribution in [2.24, 2.45) is 5.92 Å². The van der Waals surface area contributed by atoms with Gasteiger partial charge in [-0.3, -0.25) is 4.79 Å². The highest BCUT2D eigenvalue weighted by Gasteiger charge is 2.26.